The number of aromatic nitrogens is 1. The van der Waals surface area contributed by atoms with E-state index in [4.69, 9.17) is 32.4 Å². The Morgan fingerprint density at radius 3 is 2.86 bits per heavy atom. The van der Waals surface area contributed by atoms with Crippen molar-refractivity contribution in [2.45, 2.75) is 6.92 Å². The summed E-state index contributed by atoms with van der Waals surface area (Å²) >= 11 is 11.8. The predicted molar refractivity (Wildman–Crippen MR) is 76.6 cm³/mol. The number of nitrogens with zero attached hydrogens (tertiary/aromatic N) is 1. The van der Waals surface area contributed by atoms with E-state index in [0.717, 1.165) is 0 Å². The molecular weight excluding hydrogens is 319 g/mol. The maximum atomic E-state index is 11.7. The molecule has 110 valence electrons. The van der Waals surface area contributed by atoms with E-state index < -0.39 is 18.5 Å². The lowest BCUT2D eigenvalue weighted by Gasteiger charge is -2.09. The molecular formula is C13H10Cl2N2O4. The van der Waals surface area contributed by atoms with Crippen LogP contribution in [0, 0.1) is 6.92 Å². The van der Waals surface area contributed by atoms with E-state index >= 15 is 0 Å². The first-order valence-corrected chi connectivity index (χ1v) is 6.55. The van der Waals surface area contributed by atoms with E-state index in [1.54, 1.807) is 6.92 Å². The van der Waals surface area contributed by atoms with Crippen molar-refractivity contribution >= 4 is 40.9 Å². The predicted octanol–water partition coefficient (Wildman–Crippen LogP) is 3.09. The van der Waals surface area contributed by atoms with Gasteiger partial charge in [-0.15, -0.1) is 0 Å². The quantitative estimate of drug-likeness (QED) is 0.872. The zero-order valence-corrected chi connectivity index (χ0v) is 12.4. The zero-order valence-electron chi connectivity index (χ0n) is 10.9. The van der Waals surface area contributed by atoms with Gasteiger partial charge in [0.15, 0.2) is 12.4 Å². The fraction of sp³-hybridized carbons (Fsp3) is 0.154. The Morgan fingerprint density at radius 1 is 1.43 bits per heavy atom. The molecule has 0 fully saturated rings. The summed E-state index contributed by atoms with van der Waals surface area (Å²) in [5.41, 5.74) is 0.594. The van der Waals surface area contributed by atoms with Crippen LogP contribution in [-0.4, -0.2) is 23.5 Å². The Kier molecular flexibility index (Phi) is 4.82. The molecule has 8 heteroatoms. The summed E-state index contributed by atoms with van der Waals surface area (Å²) in [5, 5.41) is 3.05. The average molecular weight is 329 g/mol. The van der Waals surface area contributed by atoms with Crippen LogP contribution in [0.5, 0.6) is 0 Å². The second-order valence-corrected chi connectivity index (χ2v) is 4.78. The summed E-state index contributed by atoms with van der Waals surface area (Å²) in [6, 6.07) is 2.97. The van der Waals surface area contributed by atoms with E-state index in [9.17, 15) is 9.59 Å². The van der Waals surface area contributed by atoms with Crippen molar-refractivity contribution in [2.24, 2.45) is 0 Å². The Hall–Kier alpha value is -2.05. The maximum Gasteiger partial charge on any atom is 0.374 e. The largest absolute Gasteiger partial charge is 0.457 e. The number of hydrogen-bond donors (Lipinski definition) is 1. The van der Waals surface area contributed by atoms with Crippen molar-refractivity contribution in [3.05, 3.63) is 46.0 Å². The minimum absolute atomic E-state index is 0.0151. The van der Waals surface area contributed by atoms with Crippen LogP contribution in [0.2, 0.25) is 10.0 Å². The van der Waals surface area contributed by atoms with Crippen molar-refractivity contribution in [1.82, 2.24) is 4.98 Å². The highest BCUT2D eigenvalue weighted by Crippen LogP contribution is 2.28. The third kappa shape index (κ3) is 3.74. The van der Waals surface area contributed by atoms with Crippen molar-refractivity contribution in [1.29, 1.82) is 0 Å². The summed E-state index contributed by atoms with van der Waals surface area (Å²) in [6.45, 7) is 1.21. The van der Waals surface area contributed by atoms with Crippen LogP contribution in [0.3, 0.4) is 0 Å². The van der Waals surface area contributed by atoms with E-state index in [-0.39, 0.29) is 16.6 Å². The average Bonchev–Trinajstić information content (AvgIpc) is 3.00. The molecule has 0 spiro atoms. The number of rotatable bonds is 4. The molecule has 2 rings (SSSR count). The molecule has 6 nitrogen and oxygen atoms in total. The van der Waals surface area contributed by atoms with Gasteiger partial charge in [-0.2, -0.15) is 0 Å². The number of carbonyl (C=O) groups is 2. The van der Waals surface area contributed by atoms with Gasteiger partial charge in [0, 0.05) is 6.20 Å². The van der Waals surface area contributed by atoms with Crippen LogP contribution in [0.15, 0.2) is 29.0 Å². The molecule has 2 aromatic rings. The molecule has 0 aliphatic heterocycles. The third-order valence-electron chi connectivity index (χ3n) is 2.52. The minimum atomic E-state index is -0.735. The number of nitrogens with one attached hydrogen (secondary N) is 1. The number of esters is 1. The molecule has 0 saturated heterocycles. The van der Waals surface area contributed by atoms with Crippen molar-refractivity contribution in [3.63, 3.8) is 0 Å². The fourth-order valence-corrected chi connectivity index (χ4v) is 1.80. The summed E-state index contributed by atoms with van der Waals surface area (Å²) in [4.78, 5) is 27.1. The molecule has 21 heavy (non-hydrogen) atoms. The molecule has 2 heterocycles. The molecule has 0 atom stereocenters. The Bertz CT molecular complexity index is 671. The first kappa shape index (κ1) is 15.3. The highest BCUT2D eigenvalue weighted by atomic mass is 35.5. The monoisotopic (exact) mass is 328 g/mol. The number of pyridine rings is 1. The number of carbonyl (C=O) groups excluding carboxylic acids is 2. The van der Waals surface area contributed by atoms with Gasteiger partial charge in [-0.05, 0) is 24.6 Å². The van der Waals surface area contributed by atoms with E-state index in [2.05, 4.69) is 10.3 Å². The Morgan fingerprint density at radius 2 is 2.19 bits per heavy atom. The molecule has 0 bridgehead atoms. The van der Waals surface area contributed by atoms with Crippen LogP contribution in [0.25, 0.3) is 0 Å². The van der Waals surface area contributed by atoms with Crippen LogP contribution in [0.1, 0.15) is 16.1 Å². The maximum absolute atomic E-state index is 11.7. The number of anilines is 1. The molecule has 0 unspecified atom stereocenters. The number of hydrogen-bond acceptors (Lipinski definition) is 5. The molecule has 1 amide bonds. The van der Waals surface area contributed by atoms with Gasteiger partial charge in [-0.3, -0.25) is 4.79 Å². The molecule has 0 aliphatic rings. The van der Waals surface area contributed by atoms with Crippen LogP contribution in [-0.2, 0) is 9.53 Å². The summed E-state index contributed by atoms with van der Waals surface area (Å²) in [5.74, 6) is -1.15. The highest BCUT2D eigenvalue weighted by Gasteiger charge is 2.15. The molecule has 0 aromatic carbocycles. The number of amides is 1. The lowest BCUT2D eigenvalue weighted by Crippen LogP contribution is -2.21. The zero-order chi connectivity index (χ0) is 15.4. The van der Waals surface area contributed by atoms with Gasteiger partial charge in [0.05, 0.1) is 16.3 Å². The van der Waals surface area contributed by atoms with Crippen molar-refractivity contribution in [2.75, 3.05) is 11.9 Å². The van der Waals surface area contributed by atoms with Gasteiger partial charge >= 0.3 is 5.97 Å². The van der Waals surface area contributed by atoms with E-state index in [0.29, 0.717) is 10.6 Å². The van der Waals surface area contributed by atoms with Gasteiger partial charge in [0.2, 0.25) is 5.76 Å². The Balaban J connectivity index is 1.93. The number of furan rings is 1. The molecule has 2 aromatic heterocycles. The van der Waals surface area contributed by atoms with E-state index in [1.807, 2.05) is 0 Å². The van der Waals surface area contributed by atoms with Gasteiger partial charge in [-0.25, -0.2) is 9.78 Å². The summed E-state index contributed by atoms with van der Waals surface area (Å²) in [6.07, 6.45) is 2.70. The van der Waals surface area contributed by atoms with E-state index in [1.165, 1.54) is 24.6 Å². The van der Waals surface area contributed by atoms with Crippen LogP contribution < -0.4 is 5.32 Å². The third-order valence-corrected chi connectivity index (χ3v) is 3.36. The minimum Gasteiger partial charge on any atom is -0.457 e. The Labute approximate surface area is 130 Å². The molecule has 0 saturated carbocycles. The van der Waals surface area contributed by atoms with Gasteiger partial charge in [0.25, 0.3) is 5.91 Å². The highest BCUT2D eigenvalue weighted by molar-refractivity contribution is 6.37. The molecule has 0 aliphatic carbocycles. The summed E-state index contributed by atoms with van der Waals surface area (Å²) in [7, 11) is 0. The SMILES string of the molecule is Cc1c(Cl)cnc(NC(=O)COC(=O)c2ccco2)c1Cl. The van der Waals surface area contributed by atoms with Gasteiger partial charge < -0.3 is 14.5 Å². The van der Waals surface area contributed by atoms with Crippen LogP contribution >= 0.6 is 23.2 Å². The van der Waals surface area contributed by atoms with Crippen molar-refractivity contribution < 1.29 is 18.7 Å². The number of halogens is 2. The fourth-order valence-electron chi connectivity index (χ4n) is 1.41. The lowest BCUT2D eigenvalue weighted by atomic mass is 10.3. The smallest absolute Gasteiger partial charge is 0.374 e. The van der Waals surface area contributed by atoms with Gasteiger partial charge in [-0.1, -0.05) is 23.2 Å². The molecule has 0 radical (unpaired) electrons. The lowest BCUT2D eigenvalue weighted by molar-refractivity contribution is -0.119. The first-order valence-electron chi connectivity index (χ1n) is 5.80. The van der Waals surface area contributed by atoms with Crippen LogP contribution in [0.4, 0.5) is 5.82 Å². The molecule has 1 N–H and O–H groups in total. The summed E-state index contributed by atoms with van der Waals surface area (Å²) < 4.78 is 9.61. The number of ether oxygens (including phenoxy) is 1. The topological polar surface area (TPSA) is 81.4 Å². The standard InChI is InChI=1S/C13H10Cl2N2O4/c1-7-8(14)5-16-12(11(7)15)17-10(18)6-21-13(19)9-3-2-4-20-9/h2-5H,6H2,1H3,(H,16,17,18). The van der Waals surface area contributed by atoms with Gasteiger partial charge in [0.1, 0.15) is 0 Å². The normalized spacial score (nSPS) is 10.2. The second-order valence-electron chi connectivity index (χ2n) is 4.00. The first-order chi connectivity index (χ1) is 9.99. The van der Waals surface area contributed by atoms with Crippen molar-refractivity contribution in [3.8, 4) is 0 Å². The second kappa shape index (κ2) is 6.60.